The molecule has 1 aromatic carbocycles. The van der Waals surface area contributed by atoms with Crippen LogP contribution in [0.3, 0.4) is 0 Å². The number of anilines is 1. The molecule has 1 atom stereocenters. The zero-order valence-corrected chi connectivity index (χ0v) is 15.4. The summed E-state index contributed by atoms with van der Waals surface area (Å²) in [6.07, 6.45) is 0. The summed E-state index contributed by atoms with van der Waals surface area (Å²) in [5.41, 5.74) is 1.75. The van der Waals surface area contributed by atoms with E-state index in [9.17, 15) is 4.79 Å². The molecule has 3 N–H and O–H groups in total. The van der Waals surface area contributed by atoms with Gasteiger partial charge in [-0.15, -0.1) is 0 Å². The number of benzene rings is 1. The molecule has 1 fully saturated rings. The lowest BCUT2D eigenvalue weighted by Crippen LogP contribution is -3.29. The van der Waals surface area contributed by atoms with Crippen LogP contribution < -0.4 is 15.1 Å². The van der Waals surface area contributed by atoms with Crippen LogP contribution in [-0.4, -0.2) is 43.3 Å². The summed E-state index contributed by atoms with van der Waals surface area (Å²) >= 11 is 5.97. The highest BCUT2D eigenvalue weighted by molar-refractivity contribution is 6.30. The molecule has 134 valence electrons. The molecule has 0 spiro atoms. The molecule has 7 heteroatoms. The number of rotatable bonds is 5. The van der Waals surface area contributed by atoms with E-state index in [1.54, 1.807) is 12.1 Å². The van der Waals surface area contributed by atoms with Gasteiger partial charge in [0, 0.05) is 16.8 Å². The SMILES string of the molecule is Cc1cc(C[NH+]2CC[NH+]([C@@H](C)C(=O)Nc3cccc(Cl)c3)CC2)no1. The van der Waals surface area contributed by atoms with E-state index < -0.39 is 0 Å². The van der Waals surface area contributed by atoms with Crippen LogP contribution in [0.5, 0.6) is 0 Å². The lowest BCUT2D eigenvalue weighted by molar-refractivity contribution is -1.02. The van der Waals surface area contributed by atoms with Crippen LogP contribution in [0, 0.1) is 6.92 Å². The number of quaternary nitrogens is 2. The van der Waals surface area contributed by atoms with Crippen molar-refractivity contribution < 1.29 is 19.1 Å². The number of aryl methyl sites for hydroxylation is 1. The van der Waals surface area contributed by atoms with E-state index in [2.05, 4.69) is 10.5 Å². The Morgan fingerprint density at radius 2 is 2.08 bits per heavy atom. The monoisotopic (exact) mass is 364 g/mol. The van der Waals surface area contributed by atoms with Crippen LogP contribution in [-0.2, 0) is 11.3 Å². The number of nitrogens with one attached hydrogen (secondary N) is 3. The Labute approximate surface area is 152 Å². The van der Waals surface area contributed by atoms with Crippen LogP contribution in [0.2, 0.25) is 5.02 Å². The zero-order chi connectivity index (χ0) is 17.8. The van der Waals surface area contributed by atoms with Crippen molar-refractivity contribution in [1.82, 2.24) is 5.16 Å². The van der Waals surface area contributed by atoms with Crippen molar-refractivity contribution in [3.8, 4) is 0 Å². The molecule has 1 aliphatic heterocycles. The average molecular weight is 365 g/mol. The molecule has 2 aromatic rings. The van der Waals surface area contributed by atoms with E-state index in [1.807, 2.05) is 32.0 Å². The van der Waals surface area contributed by atoms with Crippen LogP contribution in [0.15, 0.2) is 34.9 Å². The summed E-state index contributed by atoms with van der Waals surface area (Å²) in [5, 5.41) is 7.65. The third kappa shape index (κ3) is 4.81. The third-order valence-electron chi connectivity index (χ3n) is 4.81. The molecule has 0 saturated carbocycles. The van der Waals surface area contributed by atoms with Gasteiger partial charge in [-0.1, -0.05) is 22.8 Å². The van der Waals surface area contributed by atoms with Crippen molar-refractivity contribution in [2.75, 3.05) is 31.5 Å². The number of piperazine rings is 1. The average Bonchev–Trinajstić information content (AvgIpc) is 3.00. The Kier molecular flexibility index (Phi) is 5.73. The Balaban J connectivity index is 1.49. The van der Waals surface area contributed by atoms with Gasteiger partial charge in [0.1, 0.15) is 44.2 Å². The van der Waals surface area contributed by atoms with Crippen molar-refractivity contribution in [1.29, 1.82) is 0 Å². The van der Waals surface area contributed by atoms with Gasteiger partial charge in [0.2, 0.25) is 0 Å². The van der Waals surface area contributed by atoms with E-state index in [4.69, 9.17) is 16.1 Å². The first-order valence-electron chi connectivity index (χ1n) is 8.68. The first-order valence-corrected chi connectivity index (χ1v) is 9.06. The van der Waals surface area contributed by atoms with E-state index in [0.29, 0.717) is 5.02 Å². The number of hydrogen-bond donors (Lipinski definition) is 3. The maximum Gasteiger partial charge on any atom is 0.282 e. The standard InChI is InChI=1S/C18H23ClN4O2/c1-13-10-17(21-25-13)12-22-6-8-23(9-7-22)14(2)18(24)20-16-5-3-4-15(19)11-16/h3-5,10-11,14H,6-9,12H2,1-2H3,(H,20,24)/p+2/t14-/m0/s1. The Morgan fingerprint density at radius 1 is 1.32 bits per heavy atom. The lowest BCUT2D eigenvalue weighted by atomic mass is 10.2. The summed E-state index contributed by atoms with van der Waals surface area (Å²) in [4.78, 5) is 15.3. The molecule has 0 bridgehead atoms. The van der Waals surface area contributed by atoms with E-state index in [0.717, 1.165) is 49.9 Å². The first-order chi connectivity index (χ1) is 12.0. The highest BCUT2D eigenvalue weighted by Gasteiger charge is 2.31. The molecular formula is C18H25ClN4O2+2. The predicted molar refractivity (Wildman–Crippen MR) is 95.9 cm³/mol. The smallest absolute Gasteiger partial charge is 0.282 e. The molecule has 0 unspecified atom stereocenters. The van der Waals surface area contributed by atoms with Crippen molar-refractivity contribution in [3.63, 3.8) is 0 Å². The van der Waals surface area contributed by atoms with Gasteiger partial charge < -0.3 is 19.6 Å². The number of carbonyl (C=O) groups is 1. The van der Waals surface area contributed by atoms with Crippen LogP contribution >= 0.6 is 11.6 Å². The number of aromatic nitrogens is 1. The largest absolute Gasteiger partial charge is 0.361 e. The van der Waals surface area contributed by atoms with Crippen molar-refractivity contribution in [2.45, 2.75) is 26.4 Å². The minimum absolute atomic E-state index is 0.0350. The van der Waals surface area contributed by atoms with Crippen LogP contribution in [0.25, 0.3) is 0 Å². The summed E-state index contributed by atoms with van der Waals surface area (Å²) in [6, 6.07) is 9.16. The van der Waals surface area contributed by atoms with E-state index in [-0.39, 0.29) is 11.9 Å². The molecule has 1 saturated heterocycles. The second-order valence-electron chi connectivity index (χ2n) is 6.74. The molecule has 1 aliphatic rings. The van der Waals surface area contributed by atoms with Gasteiger partial charge >= 0.3 is 0 Å². The highest BCUT2D eigenvalue weighted by Crippen LogP contribution is 2.14. The summed E-state index contributed by atoms with van der Waals surface area (Å²) in [7, 11) is 0. The maximum absolute atomic E-state index is 12.5. The van der Waals surface area contributed by atoms with Gasteiger partial charge in [0.05, 0.1) is 0 Å². The summed E-state index contributed by atoms with van der Waals surface area (Å²) < 4.78 is 5.13. The summed E-state index contributed by atoms with van der Waals surface area (Å²) in [6.45, 7) is 8.77. The second kappa shape index (κ2) is 7.99. The molecule has 0 radical (unpaired) electrons. The maximum atomic E-state index is 12.5. The number of hydrogen-bond acceptors (Lipinski definition) is 3. The van der Waals surface area contributed by atoms with E-state index >= 15 is 0 Å². The molecule has 2 heterocycles. The highest BCUT2D eigenvalue weighted by atomic mass is 35.5. The fourth-order valence-corrected chi connectivity index (χ4v) is 3.48. The number of nitrogens with zero attached hydrogens (tertiary/aromatic N) is 1. The number of carbonyl (C=O) groups excluding carboxylic acids is 1. The minimum Gasteiger partial charge on any atom is -0.361 e. The molecule has 1 aromatic heterocycles. The van der Waals surface area contributed by atoms with Gasteiger partial charge in [0.15, 0.2) is 6.04 Å². The summed E-state index contributed by atoms with van der Waals surface area (Å²) in [5.74, 6) is 0.887. The fourth-order valence-electron chi connectivity index (χ4n) is 3.29. The van der Waals surface area contributed by atoms with Gasteiger partial charge in [-0.25, -0.2) is 0 Å². The van der Waals surface area contributed by atoms with Crippen molar-refractivity contribution in [3.05, 3.63) is 46.8 Å². The molecule has 3 rings (SSSR count). The number of amides is 1. The van der Waals surface area contributed by atoms with Crippen LogP contribution in [0.1, 0.15) is 18.4 Å². The predicted octanol–water partition coefficient (Wildman–Crippen LogP) is -0.0530. The topological polar surface area (TPSA) is 64.0 Å². The molecule has 6 nitrogen and oxygen atoms in total. The van der Waals surface area contributed by atoms with Crippen molar-refractivity contribution in [2.24, 2.45) is 0 Å². The zero-order valence-electron chi connectivity index (χ0n) is 14.6. The minimum atomic E-state index is -0.0881. The quantitative estimate of drug-likeness (QED) is 0.697. The van der Waals surface area contributed by atoms with Crippen molar-refractivity contribution >= 4 is 23.2 Å². The van der Waals surface area contributed by atoms with Gasteiger partial charge in [-0.3, -0.25) is 4.79 Å². The molecule has 1 amide bonds. The van der Waals surface area contributed by atoms with Crippen LogP contribution in [0.4, 0.5) is 5.69 Å². The van der Waals surface area contributed by atoms with E-state index in [1.165, 1.54) is 9.80 Å². The van der Waals surface area contributed by atoms with Gasteiger partial charge in [-0.05, 0) is 32.0 Å². The first kappa shape index (κ1) is 17.9. The second-order valence-corrected chi connectivity index (χ2v) is 7.17. The van der Waals surface area contributed by atoms with Gasteiger partial charge in [0.25, 0.3) is 5.91 Å². The fraction of sp³-hybridized carbons (Fsp3) is 0.444. The Morgan fingerprint density at radius 3 is 2.72 bits per heavy atom. The normalized spacial score (nSPS) is 21.7. The third-order valence-corrected chi connectivity index (χ3v) is 5.04. The lowest BCUT2D eigenvalue weighted by Gasteiger charge is -2.32. The Bertz CT molecular complexity index is 725. The molecular weight excluding hydrogens is 340 g/mol. The number of halogens is 1. The Hall–Kier alpha value is -1.89. The molecule has 0 aliphatic carbocycles. The molecule has 25 heavy (non-hydrogen) atoms. The van der Waals surface area contributed by atoms with Gasteiger partial charge in [-0.2, -0.15) is 0 Å².